The lowest BCUT2D eigenvalue weighted by Crippen LogP contribution is -1.99. The van der Waals surface area contributed by atoms with E-state index < -0.39 is 0 Å². The molecule has 1 heterocycles. The van der Waals surface area contributed by atoms with Crippen molar-refractivity contribution in [2.24, 2.45) is 0 Å². The zero-order chi connectivity index (χ0) is 12.4. The Labute approximate surface area is 116 Å². The molecule has 0 fully saturated rings. The first-order valence-corrected chi connectivity index (χ1v) is 7.93. The lowest BCUT2D eigenvalue weighted by Gasteiger charge is -2.10. The van der Waals surface area contributed by atoms with Gasteiger partial charge in [-0.05, 0) is 35.9 Å². The lowest BCUT2D eigenvalue weighted by atomic mass is 10.0. The molecule has 0 radical (unpaired) electrons. The number of rotatable bonds is 3. The second kappa shape index (κ2) is 5.29. The summed E-state index contributed by atoms with van der Waals surface area (Å²) in [6.07, 6.45) is 0. The van der Waals surface area contributed by atoms with Gasteiger partial charge < -0.3 is 5.11 Å². The van der Waals surface area contributed by atoms with Gasteiger partial charge in [0.1, 0.15) is 5.75 Å². The molecule has 92 valence electrons. The van der Waals surface area contributed by atoms with Gasteiger partial charge >= 0.3 is 0 Å². The molecule has 0 aromatic heterocycles. The molecular weight excluding hydrogens is 260 g/mol. The smallest absolute Gasteiger partial charge is 0.115 e. The summed E-state index contributed by atoms with van der Waals surface area (Å²) in [5.41, 5.74) is 1.49. The van der Waals surface area contributed by atoms with Crippen LogP contribution in [-0.4, -0.2) is 16.6 Å². The number of fused-ring (bicyclic) bond motifs is 1. The highest BCUT2D eigenvalue weighted by atomic mass is 32.2. The van der Waals surface area contributed by atoms with E-state index >= 15 is 0 Å². The predicted octanol–water partition coefficient (Wildman–Crippen LogP) is 4.37. The van der Waals surface area contributed by atoms with E-state index in [0.29, 0.717) is 11.7 Å². The first kappa shape index (κ1) is 12.0. The molecule has 1 atom stereocenters. The van der Waals surface area contributed by atoms with Crippen molar-refractivity contribution in [2.45, 2.75) is 15.7 Å². The second-order valence-electron chi connectivity index (χ2n) is 4.35. The minimum absolute atomic E-state index is 0.334. The third-order valence-corrected chi connectivity index (χ3v) is 5.51. The number of thioether (sulfide) groups is 2. The molecule has 18 heavy (non-hydrogen) atoms. The molecule has 2 aromatic rings. The van der Waals surface area contributed by atoms with Crippen LogP contribution in [0.4, 0.5) is 0 Å². The van der Waals surface area contributed by atoms with Gasteiger partial charge in [-0.3, -0.25) is 0 Å². The minimum Gasteiger partial charge on any atom is -0.508 e. The van der Waals surface area contributed by atoms with Gasteiger partial charge in [0.05, 0.1) is 0 Å². The van der Waals surface area contributed by atoms with Crippen molar-refractivity contribution in [3.63, 3.8) is 0 Å². The summed E-state index contributed by atoms with van der Waals surface area (Å²) >= 11 is 3.83. The highest BCUT2D eigenvalue weighted by Crippen LogP contribution is 2.41. The Balaban J connectivity index is 1.67. The Kier molecular flexibility index (Phi) is 3.52. The van der Waals surface area contributed by atoms with Gasteiger partial charge in [-0.25, -0.2) is 0 Å². The largest absolute Gasteiger partial charge is 0.508 e. The fourth-order valence-electron chi connectivity index (χ4n) is 2.11. The van der Waals surface area contributed by atoms with Gasteiger partial charge in [0.25, 0.3) is 0 Å². The molecule has 0 bridgehead atoms. The Hall–Kier alpha value is -1.06. The van der Waals surface area contributed by atoms with E-state index in [1.54, 1.807) is 12.1 Å². The van der Waals surface area contributed by atoms with Gasteiger partial charge in [0.15, 0.2) is 0 Å². The number of aromatic hydroxyl groups is 1. The monoisotopic (exact) mass is 274 g/mol. The first-order valence-electron chi connectivity index (χ1n) is 5.96. The molecule has 1 aliphatic heterocycles. The van der Waals surface area contributed by atoms with Crippen LogP contribution in [0.5, 0.6) is 5.75 Å². The molecule has 0 spiro atoms. The zero-order valence-corrected chi connectivity index (χ0v) is 11.5. The molecule has 1 unspecified atom stereocenters. The zero-order valence-electron chi connectivity index (χ0n) is 9.87. The molecule has 1 aliphatic rings. The summed E-state index contributed by atoms with van der Waals surface area (Å²) in [6, 6.07) is 16.2. The van der Waals surface area contributed by atoms with E-state index in [9.17, 15) is 5.11 Å². The third kappa shape index (κ3) is 2.52. The van der Waals surface area contributed by atoms with Crippen molar-refractivity contribution in [1.29, 1.82) is 0 Å². The molecule has 3 rings (SSSR count). The van der Waals surface area contributed by atoms with Crippen LogP contribution in [0.3, 0.4) is 0 Å². The molecule has 0 saturated carbocycles. The Morgan fingerprint density at radius 3 is 2.72 bits per heavy atom. The van der Waals surface area contributed by atoms with Crippen molar-refractivity contribution in [3.05, 3.63) is 54.1 Å². The maximum atomic E-state index is 9.25. The van der Waals surface area contributed by atoms with Crippen LogP contribution in [0, 0.1) is 0 Å². The summed E-state index contributed by atoms with van der Waals surface area (Å²) < 4.78 is 0. The summed E-state index contributed by atoms with van der Waals surface area (Å²) in [6.45, 7) is 0. The number of benzene rings is 2. The summed E-state index contributed by atoms with van der Waals surface area (Å²) in [5, 5.41) is 9.25. The van der Waals surface area contributed by atoms with E-state index in [4.69, 9.17) is 0 Å². The minimum atomic E-state index is 0.334. The summed E-state index contributed by atoms with van der Waals surface area (Å²) in [7, 11) is 0. The van der Waals surface area contributed by atoms with Crippen LogP contribution in [-0.2, 0) is 0 Å². The standard InChI is InChI=1S/C15H14OS2/c16-12-5-7-13(8-6-12)17-9-11-10-18-15-4-2-1-3-14(11)15/h1-8,11,16H,9-10H2. The quantitative estimate of drug-likeness (QED) is 0.839. The van der Waals surface area contributed by atoms with Gasteiger partial charge in [0, 0.05) is 27.2 Å². The molecule has 2 aromatic carbocycles. The second-order valence-corrected chi connectivity index (χ2v) is 6.51. The fourth-order valence-corrected chi connectivity index (χ4v) is 4.53. The van der Waals surface area contributed by atoms with Gasteiger partial charge in [-0.1, -0.05) is 18.2 Å². The lowest BCUT2D eigenvalue weighted by molar-refractivity contribution is 0.475. The van der Waals surface area contributed by atoms with Crippen molar-refractivity contribution >= 4 is 23.5 Å². The van der Waals surface area contributed by atoms with Gasteiger partial charge in [-0.2, -0.15) is 0 Å². The molecular formula is C15H14OS2. The maximum Gasteiger partial charge on any atom is 0.115 e. The van der Waals surface area contributed by atoms with E-state index in [0.717, 1.165) is 5.75 Å². The normalized spacial score (nSPS) is 17.7. The average molecular weight is 274 g/mol. The Morgan fingerprint density at radius 1 is 1.11 bits per heavy atom. The van der Waals surface area contributed by atoms with Crippen LogP contribution in [0.1, 0.15) is 11.5 Å². The third-order valence-electron chi connectivity index (χ3n) is 3.09. The fraction of sp³-hybridized carbons (Fsp3) is 0.200. The SMILES string of the molecule is Oc1ccc(SCC2CSc3ccccc32)cc1. The van der Waals surface area contributed by atoms with E-state index in [2.05, 4.69) is 24.3 Å². The molecule has 1 N–H and O–H groups in total. The highest BCUT2D eigenvalue weighted by molar-refractivity contribution is 8.00. The predicted molar refractivity (Wildman–Crippen MR) is 78.7 cm³/mol. The number of phenolic OH excluding ortho intramolecular Hbond substituents is 1. The summed E-state index contributed by atoms with van der Waals surface area (Å²) in [5.74, 6) is 3.27. The van der Waals surface area contributed by atoms with Gasteiger partial charge in [0.2, 0.25) is 0 Å². The maximum absolute atomic E-state index is 9.25. The van der Waals surface area contributed by atoms with E-state index in [-0.39, 0.29) is 0 Å². The van der Waals surface area contributed by atoms with E-state index in [1.807, 2.05) is 35.7 Å². The van der Waals surface area contributed by atoms with E-state index in [1.165, 1.54) is 21.1 Å². The molecule has 3 heteroatoms. The average Bonchev–Trinajstić information content (AvgIpc) is 2.82. The first-order chi connectivity index (χ1) is 8.83. The van der Waals surface area contributed by atoms with Crippen LogP contribution in [0.25, 0.3) is 0 Å². The highest BCUT2D eigenvalue weighted by Gasteiger charge is 2.22. The van der Waals surface area contributed by atoms with Gasteiger partial charge in [-0.15, -0.1) is 23.5 Å². The summed E-state index contributed by atoms with van der Waals surface area (Å²) in [4.78, 5) is 2.66. The Bertz CT molecular complexity index is 536. The molecule has 0 aliphatic carbocycles. The molecule has 0 amide bonds. The number of hydrogen-bond acceptors (Lipinski definition) is 3. The van der Waals surface area contributed by atoms with Crippen LogP contribution in [0.15, 0.2) is 58.3 Å². The number of phenols is 1. The van der Waals surface area contributed by atoms with Crippen molar-refractivity contribution in [3.8, 4) is 5.75 Å². The molecule has 1 nitrogen and oxygen atoms in total. The van der Waals surface area contributed by atoms with Crippen molar-refractivity contribution in [1.82, 2.24) is 0 Å². The van der Waals surface area contributed by atoms with Crippen LogP contribution >= 0.6 is 23.5 Å². The van der Waals surface area contributed by atoms with Crippen molar-refractivity contribution < 1.29 is 5.11 Å². The molecule has 0 saturated heterocycles. The van der Waals surface area contributed by atoms with Crippen molar-refractivity contribution in [2.75, 3.05) is 11.5 Å². The van der Waals surface area contributed by atoms with Crippen LogP contribution in [0.2, 0.25) is 0 Å². The number of hydrogen-bond donors (Lipinski definition) is 1. The Morgan fingerprint density at radius 2 is 1.89 bits per heavy atom. The van der Waals surface area contributed by atoms with Crippen LogP contribution < -0.4 is 0 Å². The topological polar surface area (TPSA) is 20.2 Å².